The molecule has 0 unspecified atom stereocenters. The van der Waals surface area contributed by atoms with E-state index in [9.17, 15) is 4.79 Å². The summed E-state index contributed by atoms with van der Waals surface area (Å²) < 4.78 is 0. The van der Waals surface area contributed by atoms with Crippen LogP contribution >= 0.6 is 0 Å². The van der Waals surface area contributed by atoms with E-state index in [-0.39, 0.29) is 0 Å². The Morgan fingerprint density at radius 2 is 1.57 bits per heavy atom. The number of benzene rings is 2. The molecule has 0 saturated heterocycles. The highest BCUT2D eigenvalue weighted by Gasteiger charge is 2.10. The molecule has 0 atom stereocenters. The van der Waals surface area contributed by atoms with Crippen molar-refractivity contribution in [1.29, 1.82) is 0 Å². The molecule has 0 amide bonds. The van der Waals surface area contributed by atoms with Crippen LogP contribution in [0.3, 0.4) is 0 Å². The molecule has 0 aliphatic carbocycles. The lowest BCUT2D eigenvalue weighted by atomic mass is 9.94. The van der Waals surface area contributed by atoms with Crippen LogP contribution in [0.5, 0.6) is 0 Å². The second kappa shape index (κ2) is 6.71. The van der Waals surface area contributed by atoms with Crippen molar-refractivity contribution in [1.82, 2.24) is 0 Å². The van der Waals surface area contributed by atoms with Crippen LogP contribution in [0, 0.1) is 27.7 Å². The fourth-order valence-corrected chi connectivity index (χ4v) is 2.93. The van der Waals surface area contributed by atoms with Crippen molar-refractivity contribution in [2.45, 2.75) is 47.0 Å². The molecule has 21 heavy (non-hydrogen) atoms. The lowest BCUT2D eigenvalue weighted by Crippen LogP contribution is -2.07. The smallest absolute Gasteiger partial charge is 0.137 e. The maximum Gasteiger partial charge on any atom is 0.137 e. The molecule has 0 aliphatic heterocycles. The zero-order chi connectivity index (χ0) is 15.4. The first-order chi connectivity index (χ1) is 9.95. The van der Waals surface area contributed by atoms with Crippen molar-refractivity contribution in [3.05, 3.63) is 69.8 Å². The van der Waals surface area contributed by atoms with Gasteiger partial charge in [-0.1, -0.05) is 47.5 Å². The zero-order valence-corrected chi connectivity index (χ0v) is 13.5. The lowest BCUT2D eigenvalue weighted by Gasteiger charge is -2.11. The number of ketones is 1. The first-order valence-electron chi connectivity index (χ1n) is 7.59. The van der Waals surface area contributed by atoms with Crippen LogP contribution in [-0.2, 0) is 17.6 Å². The quantitative estimate of drug-likeness (QED) is 0.778. The minimum absolute atomic E-state index is 0.326. The first kappa shape index (κ1) is 15.5. The molecule has 2 aromatic carbocycles. The molecule has 1 nitrogen and oxygen atoms in total. The third kappa shape index (κ3) is 4.29. The summed E-state index contributed by atoms with van der Waals surface area (Å²) in [6, 6.07) is 12.7. The SMILES string of the molecule is Cc1cccc(CCC(=O)Cc2c(C)cc(C)cc2C)c1. The fourth-order valence-electron chi connectivity index (χ4n) is 2.93. The number of rotatable bonds is 5. The Hall–Kier alpha value is -1.89. The van der Waals surface area contributed by atoms with Gasteiger partial charge in [-0.05, 0) is 56.4 Å². The molecule has 0 spiro atoms. The standard InChI is InChI=1S/C20H24O/c1-14-6-5-7-18(12-14)8-9-19(21)13-20-16(3)10-15(2)11-17(20)4/h5-7,10-12H,8-9,13H2,1-4H3. The summed E-state index contributed by atoms with van der Waals surface area (Å²) in [4.78, 5) is 12.3. The molecule has 0 saturated carbocycles. The predicted molar refractivity (Wildman–Crippen MR) is 88.9 cm³/mol. The molecule has 0 fully saturated rings. The molecule has 2 rings (SSSR count). The van der Waals surface area contributed by atoms with Crippen molar-refractivity contribution in [3.63, 3.8) is 0 Å². The maximum absolute atomic E-state index is 12.3. The fraction of sp³-hybridized carbons (Fsp3) is 0.350. The van der Waals surface area contributed by atoms with E-state index in [4.69, 9.17) is 0 Å². The Labute approximate surface area is 128 Å². The van der Waals surface area contributed by atoms with E-state index < -0.39 is 0 Å². The molecule has 1 heteroatoms. The van der Waals surface area contributed by atoms with Gasteiger partial charge in [0.25, 0.3) is 0 Å². The lowest BCUT2D eigenvalue weighted by molar-refractivity contribution is -0.118. The van der Waals surface area contributed by atoms with Gasteiger partial charge in [0.15, 0.2) is 0 Å². The monoisotopic (exact) mass is 280 g/mol. The molecular formula is C20H24O. The van der Waals surface area contributed by atoms with Crippen LogP contribution in [0.4, 0.5) is 0 Å². The van der Waals surface area contributed by atoms with E-state index in [0.717, 1.165) is 6.42 Å². The minimum Gasteiger partial charge on any atom is -0.299 e. The molecule has 2 aromatic rings. The highest BCUT2D eigenvalue weighted by Crippen LogP contribution is 2.18. The summed E-state index contributed by atoms with van der Waals surface area (Å²) in [6.07, 6.45) is 2.02. The molecule has 0 N–H and O–H groups in total. The van der Waals surface area contributed by atoms with Crippen molar-refractivity contribution >= 4 is 5.78 Å². The highest BCUT2D eigenvalue weighted by atomic mass is 16.1. The topological polar surface area (TPSA) is 17.1 Å². The Morgan fingerprint density at radius 3 is 2.19 bits per heavy atom. The second-order valence-corrected chi connectivity index (χ2v) is 6.08. The van der Waals surface area contributed by atoms with E-state index in [1.54, 1.807) is 0 Å². The second-order valence-electron chi connectivity index (χ2n) is 6.08. The van der Waals surface area contributed by atoms with Crippen molar-refractivity contribution < 1.29 is 4.79 Å². The summed E-state index contributed by atoms with van der Waals surface area (Å²) in [5, 5.41) is 0. The number of Topliss-reactive ketones (excluding diaryl/α,β-unsaturated/α-hetero) is 1. The predicted octanol–water partition coefficient (Wildman–Crippen LogP) is 4.66. The van der Waals surface area contributed by atoms with Crippen molar-refractivity contribution in [3.8, 4) is 0 Å². The van der Waals surface area contributed by atoms with Crippen LogP contribution in [0.1, 0.15) is 39.8 Å². The Morgan fingerprint density at radius 1 is 0.905 bits per heavy atom. The van der Waals surface area contributed by atoms with Crippen molar-refractivity contribution in [2.75, 3.05) is 0 Å². The summed E-state index contributed by atoms with van der Waals surface area (Å²) in [5.74, 6) is 0.326. The number of carbonyl (C=O) groups is 1. The van der Waals surface area contributed by atoms with Gasteiger partial charge in [0.2, 0.25) is 0 Å². The number of hydrogen-bond acceptors (Lipinski definition) is 1. The van der Waals surface area contributed by atoms with Gasteiger partial charge in [0.05, 0.1) is 0 Å². The van der Waals surface area contributed by atoms with Gasteiger partial charge >= 0.3 is 0 Å². The molecule has 0 aromatic heterocycles. The van der Waals surface area contributed by atoms with Crippen LogP contribution in [0.2, 0.25) is 0 Å². The van der Waals surface area contributed by atoms with Crippen LogP contribution in [0.15, 0.2) is 36.4 Å². The summed E-state index contributed by atoms with van der Waals surface area (Å²) >= 11 is 0. The first-order valence-corrected chi connectivity index (χ1v) is 7.59. The van der Waals surface area contributed by atoms with Gasteiger partial charge in [0, 0.05) is 12.8 Å². The Kier molecular flexibility index (Phi) is 4.95. The van der Waals surface area contributed by atoms with Crippen LogP contribution < -0.4 is 0 Å². The number of carbonyl (C=O) groups excluding carboxylic acids is 1. The van der Waals surface area contributed by atoms with E-state index in [0.29, 0.717) is 18.6 Å². The van der Waals surface area contributed by atoms with Gasteiger partial charge in [-0.25, -0.2) is 0 Å². The van der Waals surface area contributed by atoms with Crippen molar-refractivity contribution in [2.24, 2.45) is 0 Å². The van der Waals surface area contributed by atoms with Gasteiger partial charge in [-0.3, -0.25) is 4.79 Å². The summed E-state index contributed by atoms with van der Waals surface area (Å²) in [6.45, 7) is 8.39. The van der Waals surface area contributed by atoms with E-state index in [1.165, 1.54) is 33.4 Å². The average molecular weight is 280 g/mol. The Balaban J connectivity index is 1.99. The summed E-state index contributed by atoms with van der Waals surface area (Å²) in [7, 11) is 0. The van der Waals surface area contributed by atoms with E-state index in [1.807, 2.05) is 0 Å². The number of aryl methyl sites for hydroxylation is 5. The third-order valence-electron chi connectivity index (χ3n) is 3.99. The third-order valence-corrected chi connectivity index (χ3v) is 3.99. The molecule has 110 valence electrons. The molecule has 0 bridgehead atoms. The van der Waals surface area contributed by atoms with E-state index in [2.05, 4.69) is 64.1 Å². The molecule has 0 heterocycles. The highest BCUT2D eigenvalue weighted by molar-refractivity contribution is 5.81. The largest absolute Gasteiger partial charge is 0.299 e. The molecule has 0 radical (unpaired) electrons. The zero-order valence-electron chi connectivity index (χ0n) is 13.5. The van der Waals surface area contributed by atoms with E-state index >= 15 is 0 Å². The minimum atomic E-state index is 0.326. The van der Waals surface area contributed by atoms with Crippen LogP contribution in [0.25, 0.3) is 0 Å². The molecule has 0 aliphatic rings. The Bertz CT molecular complexity index is 630. The maximum atomic E-state index is 12.3. The normalized spacial score (nSPS) is 10.7. The van der Waals surface area contributed by atoms with Crippen LogP contribution in [-0.4, -0.2) is 5.78 Å². The van der Waals surface area contributed by atoms with Gasteiger partial charge in [0.1, 0.15) is 5.78 Å². The molecular weight excluding hydrogens is 256 g/mol. The van der Waals surface area contributed by atoms with Gasteiger partial charge in [-0.2, -0.15) is 0 Å². The average Bonchev–Trinajstić information content (AvgIpc) is 2.40. The summed E-state index contributed by atoms with van der Waals surface area (Å²) in [5.41, 5.74) is 7.44. The van der Waals surface area contributed by atoms with Gasteiger partial charge in [-0.15, -0.1) is 0 Å². The number of hydrogen-bond donors (Lipinski definition) is 0. The van der Waals surface area contributed by atoms with Gasteiger partial charge < -0.3 is 0 Å².